The summed E-state index contributed by atoms with van der Waals surface area (Å²) in [6.07, 6.45) is 0. The second-order valence-corrected chi connectivity index (χ2v) is 4.64. The highest BCUT2D eigenvalue weighted by molar-refractivity contribution is 5.85. The highest BCUT2D eigenvalue weighted by atomic mass is 35.5. The van der Waals surface area contributed by atoms with Crippen molar-refractivity contribution in [3.8, 4) is 16.9 Å². The fourth-order valence-electron chi connectivity index (χ4n) is 2.33. The minimum absolute atomic E-state index is 0. The number of methoxy groups -OCH3 is 1. The topological polar surface area (TPSA) is 35.2 Å². The lowest BCUT2D eigenvalue weighted by Gasteiger charge is -2.12. The molecule has 0 radical (unpaired) electrons. The summed E-state index contributed by atoms with van der Waals surface area (Å²) in [5.41, 5.74) is 10.5. The molecule has 20 heavy (non-hydrogen) atoms. The molecule has 108 valence electrons. The standard InChI is InChI=1S/C16H18FNO.ClH/c1-10-6-12(7-11(2)15(10)9-18)14-5-4-13(19-3)8-16(14)17;/h4-8H,9,18H2,1-3H3;1H. The second kappa shape index (κ2) is 6.73. The van der Waals surface area contributed by atoms with E-state index in [1.54, 1.807) is 12.1 Å². The predicted molar refractivity (Wildman–Crippen MR) is 83.0 cm³/mol. The molecular weight excluding hydrogens is 277 g/mol. The van der Waals surface area contributed by atoms with E-state index in [2.05, 4.69) is 0 Å². The Morgan fingerprint density at radius 2 is 1.70 bits per heavy atom. The van der Waals surface area contributed by atoms with E-state index in [1.165, 1.54) is 13.2 Å². The van der Waals surface area contributed by atoms with Crippen molar-refractivity contribution in [1.29, 1.82) is 0 Å². The van der Waals surface area contributed by atoms with Gasteiger partial charge in [-0.1, -0.05) is 12.1 Å². The zero-order valence-electron chi connectivity index (χ0n) is 11.9. The molecule has 0 bridgehead atoms. The molecule has 2 aromatic rings. The van der Waals surface area contributed by atoms with Crippen LogP contribution in [0, 0.1) is 19.7 Å². The molecule has 0 aliphatic rings. The van der Waals surface area contributed by atoms with Crippen LogP contribution in [0.4, 0.5) is 4.39 Å². The molecule has 0 saturated heterocycles. The molecule has 2 N–H and O–H groups in total. The number of rotatable bonds is 3. The molecular formula is C16H19ClFNO. The molecule has 0 aliphatic carbocycles. The molecule has 0 saturated carbocycles. The third-order valence-corrected chi connectivity index (χ3v) is 3.39. The number of benzene rings is 2. The maximum Gasteiger partial charge on any atom is 0.134 e. The molecule has 2 nitrogen and oxygen atoms in total. The largest absolute Gasteiger partial charge is 0.497 e. The minimum atomic E-state index is -0.279. The Bertz CT molecular complexity index is 590. The van der Waals surface area contributed by atoms with Gasteiger partial charge in [-0.05, 0) is 48.2 Å². The second-order valence-electron chi connectivity index (χ2n) is 4.64. The van der Waals surface area contributed by atoms with E-state index in [9.17, 15) is 4.39 Å². The SMILES string of the molecule is COc1ccc(-c2cc(C)c(CN)c(C)c2)c(F)c1.Cl. The van der Waals surface area contributed by atoms with Gasteiger partial charge in [0.25, 0.3) is 0 Å². The molecule has 0 amide bonds. The summed E-state index contributed by atoms with van der Waals surface area (Å²) in [6, 6.07) is 8.85. The van der Waals surface area contributed by atoms with Crippen molar-refractivity contribution >= 4 is 12.4 Å². The van der Waals surface area contributed by atoms with Crippen molar-refractivity contribution in [2.24, 2.45) is 5.73 Å². The third-order valence-electron chi connectivity index (χ3n) is 3.39. The number of ether oxygens (including phenoxy) is 1. The summed E-state index contributed by atoms with van der Waals surface area (Å²) in [6.45, 7) is 4.50. The first-order valence-electron chi connectivity index (χ1n) is 6.21. The predicted octanol–water partition coefficient (Wildman–Crippen LogP) is 4.00. The van der Waals surface area contributed by atoms with Crippen LogP contribution in [0.3, 0.4) is 0 Å². The highest BCUT2D eigenvalue weighted by Crippen LogP contribution is 2.29. The van der Waals surface area contributed by atoms with E-state index < -0.39 is 0 Å². The zero-order chi connectivity index (χ0) is 14.0. The first-order chi connectivity index (χ1) is 9.06. The van der Waals surface area contributed by atoms with Crippen LogP contribution in [0.5, 0.6) is 5.75 Å². The van der Waals surface area contributed by atoms with E-state index in [1.807, 2.05) is 26.0 Å². The Morgan fingerprint density at radius 1 is 1.10 bits per heavy atom. The average Bonchev–Trinajstić information content (AvgIpc) is 2.38. The van der Waals surface area contributed by atoms with Crippen molar-refractivity contribution < 1.29 is 9.13 Å². The Balaban J connectivity index is 0.00000200. The normalized spacial score (nSPS) is 10.1. The van der Waals surface area contributed by atoms with Crippen LogP contribution >= 0.6 is 12.4 Å². The van der Waals surface area contributed by atoms with Gasteiger partial charge in [-0.25, -0.2) is 4.39 Å². The number of halogens is 2. The van der Waals surface area contributed by atoms with E-state index in [4.69, 9.17) is 10.5 Å². The van der Waals surface area contributed by atoms with Gasteiger partial charge >= 0.3 is 0 Å². The monoisotopic (exact) mass is 295 g/mol. The van der Waals surface area contributed by atoms with Gasteiger partial charge in [0.15, 0.2) is 0 Å². The average molecular weight is 296 g/mol. The van der Waals surface area contributed by atoms with Gasteiger partial charge in [-0.15, -0.1) is 12.4 Å². The number of hydrogen-bond acceptors (Lipinski definition) is 2. The Hall–Kier alpha value is -1.58. The van der Waals surface area contributed by atoms with Crippen LogP contribution in [0.2, 0.25) is 0 Å². The Morgan fingerprint density at radius 3 is 2.15 bits per heavy atom. The summed E-state index contributed by atoms with van der Waals surface area (Å²) in [5.74, 6) is 0.243. The molecule has 0 heterocycles. The quantitative estimate of drug-likeness (QED) is 0.929. The smallest absolute Gasteiger partial charge is 0.134 e. The number of aryl methyl sites for hydroxylation is 2. The molecule has 0 unspecified atom stereocenters. The maximum absolute atomic E-state index is 14.1. The molecule has 4 heteroatoms. The van der Waals surface area contributed by atoms with Crippen molar-refractivity contribution in [3.63, 3.8) is 0 Å². The zero-order valence-corrected chi connectivity index (χ0v) is 12.7. The Kier molecular flexibility index (Phi) is 5.54. The molecule has 2 aromatic carbocycles. The van der Waals surface area contributed by atoms with Gasteiger partial charge in [0, 0.05) is 18.2 Å². The summed E-state index contributed by atoms with van der Waals surface area (Å²) in [5, 5.41) is 0. The summed E-state index contributed by atoms with van der Waals surface area (Å²) in [4.78, 5) is 0. The van der Waals surface area contributed by atoms with Gasteiger partial charge in [0.05, 0.1) is 7.11 Å². The lowest BCUT2D eigenvalue weighted by molar-refractivity contribution is 0.411. The maximum atomic E-state index is 14.1. The van der Waals surface area contributed by atoms with Crippen LogP contribution in [-0.4, -0.2) is 7.11 Å². The van der Waals surface area contributed by atoms with E-state index in [-0.39, 0.29) is 18.2 Å². The van der Waals surface area contributed by atoms with Crippen LogP contribution in [0.1, 0.15) is 16.7 Å². The first kappa shape index (κ1) is 16.5. The van der Waals surface area contributed by atoms with Gasteiger partial charge in [0.2, 0.25) is 0 Å². The lowest BCUT2D eigenvalue weighted by atomic mass is 9.95. The molecule has 0 aliphatic heterocycles. The lowest BCUT2D eigenvalue weighted by Crippen LogP contribution is -2.02. The molecule has 0 fully saturated rings. The van der Waals surface area contributed by atoms with Gasteiger partial charge in [0.1, 0.15) is 11.6 Å². The van der Waals surface area contributed by atoms with E-state index in [0.29, 0.717) is 17.9 Å². The van der Waals surface area contributed by atoms with Crippen molar-refractivity contribution in [2.75, 3.05) is 7.11 Å². The van der Waals surface area contributed by atoms with Gasteiger partial charge in [-0.2, -0.15) is 0 Å². The Labute approximate surface area is 125 Å². The van der Waals surface area contributed by atoms with E-state index >= 15 is 0 Å². The van der Waals surface area contributed by atoms with E-state index in [0.717, 1.165) is 22.3 Å². The van der Waals surface area contributed by atoms with Crippen LogP contribution < -0.4 is 10.5 Å². The summed E-state index contributed by atoms with van der Waals surface area (Å²) >= 11 is 0. The number of nitrogens with two attached hydrogens (primary N) is 1. The fraction of sp³-hybridized carbons (Fsp3) is 0.250. The third kappa shape index (κ3) is 3.11. The molecule has 0 spiro atoms. The summed E-state index contributed by atoms with van der Waals surface area (Å²) < 4.78 is 19.1. The first-order valence-corrected chi connectivity index (χ1v) is 6.21. The highest BCUT2D eigenvalue weighted by Gasteiger charge is 2.10. The van der Waals surface area contributed by atoms with Gasteiger partial charge in [-0.3, -0.25) is 0 Å². The van der Waals surface area contributed by atoms with Crippen molar-refractivity contribution in [3.05, 3.63) is 52.8 Å². The van der Waals surface area contributed by atoms with Crippen LogP contribution in [-0.2, 0) is 6.54 Å². The summed E-state index contributed by atoms with van der Waals surface area (Å²) in [7, 11) is 1.53. The molecule has 0 aromatic heterocycles. The molecule has 0 atom stereocenters. The molecule has 2 rings (SSSR count). The fourth-order valence-corrected chi connectivity index (χ4v) is 2.33. The van der Waals surface area contributed by atoms with Crippen molar-refractivity contribution in [1.82, 2.24) is 0 Å². The van der Waals surface area contributed by atoms with Crippen LogP contribution in [0.25, 0.3) is 11.1 Å². The minimum Gasteiger partial charge on any atom is -0.497 e. The number of hydrogen-bond donors (Lipinski definition) is 1. The van der Waals surface area contributed by atoms with Crippen LogP contribution in [0.15, 0.2) is 30.3 Å². The van der Waals surface area contributed by atoms with Gasteiger partial charge < -0.3 is 10.5 Å². The van der Waals surface area contributed by atoms with Crippen molar-refractivity contribution in [2.45, 2.75) is 20.4 Å².